The van der Waals surface area contributed by atoms with E-state index in [0.717, 1.165) is 0 Å². The van der Waals surface area contributed by atoms with Crippen molar-refractivity contribution < 1.29 is 19.0 Å². The third kappa shape index (κ3) is 6.11. The lowest BCUT2D eigenvalue weighted by atomic mass is 10.2. The maximum Gasteiger partial charge on any atom is 0.410 e. The molecule has 0 spiro atoms. The molecular formula is C16H26N2O4. The van der Waals surface area contributed by atoms with Gasteiger partial charge in [0.2, 0.25) is 0 Å². The van der Waals surface area contributed by atoms with Gasteiger partial charge in [-0.15, -0.1) is 0 Å². The molecule has 0 heterocycles. The molecule has 6 nitrogen and oxygen atoms in total. The fraction of sp³-hybridized carbons (Fsp3) is 0.562. The number of hydrogen-bond donors (Lipinski definition) is 1. The smallest absolute Gasteiger partial charge is 0.410 e. The van der Waals surface area contributed by atoms with Crippen LogP contribution in [0.2, 0.25) is 0 Å². The van der Waals surface area contributed by atoms with E-state index >= 15 is 0 Å². The zero-order valence-corrected chi connectivity index (χ0v) is 14.0. The fourth-order valence-corrected chi connectivity index (χ4v) is 1.72. The molecule has 0 saturated carbocycles. The van der Waals surface area contributed by atoms with Gasteiger partial charge in [-0.05, 0) is 39.3 Å². The van der Waals surface area contributed by atoms with E-state index in [9.17, 15) is 4.79 Å². The number of carbonyl (C=O) groups is 1. The molecule has 0 bridgehead atoms. The highest BCUT2D eigenvalue weighted by atomic mass is 16.6. The SMILES string of the molecule is COc1cc(N)ccc1OCCCN(C)C(=O)OC(C)(C)C. The molecule has 0 atom stereocenters. The monoisotopic (exact) mass is 310 g/mol. The number of hydrogen-bond acceptors (Lipinski definition) is 5. The Morgan fingerprint density at radius 3 is 2.55 bits per heavy atom. The number of benzene rings is 1. The third-order valence-corrected chi connectivity index (χ3v) is 2.79. The van der Waals surface area contributed by atoms with Crippen molar-refractivity contribution in [2.75, 3.05) is 33.0 Å². The Morgan fingerprint density at radius 1 is 1.27 bits per heavy atom. The standard InChI is InChI=1S/C16H26N2O4/c1-16(2,3)22-15(19)18(4)9-6-10-21-13-8-7-12(17)11-14(13)20-5/h7-8,11H,6,9-10,17H2,1-5H3. The summed E-state index contributed by atoms with van der Waals surface area (Å²) < 4.78 is 16.1. The Kier molecular flexibility index (Phi) is 6.34. The van der Waals surface area contributed by atoms with E-state index in [-0.39, 0.29) is 6.09 Å². The number of rotatable bonds is 6. The molecule has 1 amide bonds. The average Bonchev–Trinajstić information content (AvgIpc) is 2.42. The fourth-order valence-electron chi connectivity index (χ4n) is 1.72. The van der Waals surface area contributed by atoms with Crippen LogP contribution in [0.4, 0.5) is 10.5 Å². The minimum absolute atomic E-state index is 0.336. The van der Waals surface area contributed by atoms with Crippen molar-refractivity contribution >= 4 is 11.8 Å². The van der Waals surface area contributed by atoms with Crippen molar-refractivity contribution in [3.8, 4) is 11.5 Å². The minimum atomic E-state index is -0.487. The lowest BCUT2D eigenvalue weighted by Gasteiger charge is -2.24. The summed E-state index contributed by atoms with van der Waals surface area (Å²) in [6.07, 6.45) is 0.348. The van der Waals surface area contributed by atoms with Crippen LogP contribution in [0.3, 0.4) is 0 Å². The van der Waals surface area contributed by atoms with Gasteiger partial charge in [-0.3, -0.25) is 0 Å². The number of nitrogens with zero attached hydrogens (tertiary/aromatic N) is 1. The summed E-state index contributed by atoms with van der Waals surface area (Å²) in [5.74, 6) is 1.23. The molecule has 0 radical (unpaired) electrons. The van der Waals surface area contributed by atoms with E-state index in [1.165, 1.54) is 4.90 Å². The van der Waals surface area contributed by atoms with Gasteiger partial charge in [0.1, 0.15) is 5.60 Å². The van der Waals surface area contributed by atoms with Gasteiger partial charge in [-0.1, -0.05) is 0 Å². The van der Waals surface area contributed by atoms with Gasteiger partial charge in [0.25, 0.3) is 0 Å². The van der Waals surface area contributed by atoms with Gasteiger partial charge in [-0.25, -0.2) is 4.79 Å². The molecule has 1 rings (SSSR count). The molecule has 0 aliphatic heterocycles. The third-order valence-electron chi connectivity index (χ3n) is 2.79. The first kappa shape index (κ1) is 17.9. The number of carbonyl (C=O) groups excluding carboxylic acids is 1. The van der Waals surface area contributed by atoms with Crippen LogP contribution in [0.5, 0.6) is 11.5 Å². The molecule has 0 fully saturated rings. The van der Waals surface area contributed by atoms with Gasteiger partial charge in [0, 0.05) is 25.3 Å². The van der Waals surface area contributed by atoms with Crippen LogP contribution in [0.25, 0.3) is 0 Å². The highest BCUT2D eigenvalue weighted by Gasteiger charge is 2.19. The summed E-state index contributed by atoms with van der Waals surface area (Å²) in [6, 6.07) is 5.23. The maximum absolute atomic E-state index is 11.8. The van der Waals surface area contributed by atoms with Crippen LogP contribution in [0, 0.1) is 0 Å². The quantitative estimate of drug-likeness (QED) is 0.646. The minimum Gasteiger partial charge on any atom is -0.493 e. The molecule has 6 heteroatoms. The molecule has 2 N–H and O–H groups in total. The second-order valence-electron chi connectivity index (χ2n) is 6.01. The van der Waals surface area contributed by atoms with E-state index < -0.39 is 5.60 Å². The summed E-state index contributed by atoms with van der Waals surface area (Å²) in [7, 11) is 3.27. The van der Waals surface area contributed by atoms with E-state index in [1.54, 1.807) is 32.4 Å². The summed E-state index contributed by atoms with van der Waals surface area (Å²) >= 11 is 0. The van der Waals surface area contributed by atoms with Crippen LogP contribution in [0.1, 0.15) is 27.2 Å². The van der Waals surface area contributed by atoms with Gasteiger partial charge < -0.3 is 24.8 Å². The second-order valence-corrected chi connectivity index (χ2v) is 6.01. The van der Waals surface area contributed by atoms with Crippen molar-refractivity contribution in [1.82, 2.24) is 4.90 Å². The molecular weight excluding hydrogens is 284 g/mol. The Hall–Kier alpha value is -2.11. The topological polar surface area (TPSA) is 74.0 Å². The number of nitrogens with two attached hydrogens (primary N) is 1. The van der Waals surface area contributed by atoms with Crippen molar-refractivity contribution in [3.05, 3.63) is 18.2 Å². The van der Waals surface area contributed by atoms with Crippen molar-refractivity contribution in [2.24, 2.45) is 0 Å². The second kappa shape index (κ2) is 7.77. The number of amides is 1. The van der Waals surface area contributed by atoms with Gasteiger partial charge in [0.15, 0.2) is 11.5 Å². The highest BCUT2D eigenvalue weighted by Crippen LogP contribution is 2.28. The maximum atomic E-state index is 11.8. The number of anilines is 1. The van der Waals surface area contributed by atoms with Crippen LogP contribution in [0.15, 0.2) is 18.2 Å². The molecule has 1 aromatic rings. The van der Waals surface area contributed by atoms with Gasteiger partial charge in [-0.2, -0.15) is 0 Å². The normalized spacial score (nSPS) is 11.0. The van der Waals surface area contributed by atoms with Gasteiger partial charge >= 0.3 is 6.09 Å². The first-order valence-corrected chi connectivity index (χ1v) is 7.23. The molecule has 22 heavy (non-hydrogen) atoms. The Bertz CT molecular complexity index is 497. The molecule has 1 aromatic carbocycles. The molecule has 0 aliphatic rings. The first-order chi connectivity index (χ1) is 10.2. The molecule has 0 saturated heterocycles. The first-order valence-electron chi connectivity index (χ1n) is 7.23. The summed E-state index contributed by atoms with van der Waals surface area (Å²) in [5, 5.41) is 0. The van der Waals surface area contributed by atoms with E-state index in [0.29, 0.717) is 36.8 Å². The summed E-state index contributed by atoms with van der Waals surface area (Å²) in [4.78, 5) is 13.3. The summed E-state index contributed by atoms with van der Waals surface area (Å²) in [5.41, 5.74) is 5.82. The zero-order valence-electron chi connectivity index (χ0n) is 14.0. The average molecular weight is 310 g/mol. The van der Waals surface area contributed by atoms with Crippen LogP contribution in [-0.2, 0) is 4.74 Å². The highest BCUT2D eigenvalue weighted by molar-refractivity contribution is 5.67. The van der Waals surface area contributed by atoms with Crippen molar-refractivity contribution in [3.63, 3.8) is 0 Å². The molecule has 0 unspecified atom stereocenters. The Labute approximate surface area is 132 Å². The molecule has 0 aliphatic carbocycles. The van der Waals surface area contributed by atoms with Gasteiger partial charge in [0.05, 0.1) is 13.7 Å². The van der Waals surface area contributed by atoms with Crippen LogP contribution in [-0.4, -0.2) is 43.9 Å². The lowest BCUT2D eigenvalue weighted by molar-refractivity contribution is 0.0292. The lowest BCUT2D eigenvalue weighted by Crippen LogP contribution is -2.35. The number of methoxy groups -OCH3 is 1. The van der Waals surface area contributed by atoms with E-state index in [4.69, 9.17) is 19.9 Å². The predicted octanol–water partition coefficient (Wildman–Crippen LogP) is 2.91. The Balaban J connectivity index is 2.38. The van der Waals surface area contributed by atoms with Crippen molar-refractivity contribution in [1.29, 1.82) is 0 Å². The number of nitrogen functional groups attached to an aromatic ring is 1. The largest absolute Gasteiger partial charge is 0.493 e. The molecule has 124 valence electrons. The zero-order chi connectivity index (χ0) is 16.8. The molecule has 0 aromatic heterocycles. The van der Waals surface area contributed by atoms with Crippen LogP contribution < -0.4 is 15.2 Å². The number of ether oxygens (including phenoxy) is 3. The van der Waals surface area contributed by atoms with Crippen LogP contribution >= 0.6 is 0 Å². The van der Waals surface area contributed by atoms with E-state index in [1.807, 2.05) is 20.8 Å². The van der Waals surface area contributed by atoms with E-state index in [2.05, 4.69) is 0 Å². The predicted molar refractivity (Wildman–Crippen MR) is 86.4 cm³/mol. The van der Waals surface area contributed by atoms with Crippen molar-refractivity contribution in [2.45, 2.75) is 32.8 Å². The summed E-state index contributed by atoms with van der Waals surface area (Å²) in [6.45, 7) is 6.54. The Morgan fingerprint density at radius 2 is 1.95 bits per heavy atom.